The van der Waals surface area contributed by atoms with Crippen LogP contribution >= 0.6 is 0 Å². The molecule has 1 fully saturated rings. The van der Waals surface area contributed by atoms with Gasteiger partial charge in [-0.05, 0) is 69.2 Å². The van der Waals surface area contributed by atoms with Crippen LogP contribution in [0.15, 0.2) is 42.6 Å². The molecule has 2 heterocycles. The van der Waals surface area contributed by atoms with Crippen LogP contribution in [0.25, 0.3) is 16.6 Å². The van der Waals surface area contributed by atoms with E-state index < -0.39 is 36.0 Å². The predicted octanol–water partition coefficient (Wildman–Crippen LogP) is 4.30. The van der Waals surface area contributed by atoms with Gasteiger partial charge in [0.15, 0.2) is 0 Å². The van der Waals surface area contributed by atoms with Gasteiger partial charge in [0.05, 0.1) is 11.3 Å². The number of fused-ring (bicyclic) bond motifs is 1. The third kappa shape index (κ3) is 11.1. The Morgan fingerprint density at radius 3 is 2.02 bits per heavy atom. The standard InChI is InChI=1S/C23H28FN5O.2C2HF3O2/c1-27(2)12-17-4-3-9-28(14-17)13-16-5-7-20(8-6-16)29-15-18-10-19(24)11-21(23(25)30)22(18)26-29;2*3-2(4,5)1(6)7/h5-8,10-11,15,17H,3-4,9,12-14H2,1-2H3,(H2,25,30);2*(H,6,7). The van der Waals surface area contributed by atoms with Gasteiger partial charge in [-0.2, -0.15) is 31.4 Å². The third-order valence-electron chi connectivity index (χ3n) is 6.16. The summed E-state index contributed by atoms with van der Waals surface area (Å²) in [7, 11) is 4.27. The van der Waals surface area contributed by atoms with E-state index in [9.17, 15) is 35.5 Å². The van der Waals surface area contributed by atoms with Gasteiger partial charge < -0.3 is 20.8 Å². The van der Waals surface area contributed by atoms with Crippen LogP contribution in [0.4, 0.5) is 30.7 Å². The van der Waals surface area contributed by atoms with E-state index in [4.69, 9.17) is 25.5 Å². The minimum absolute atomic E-state index is 0.0951. The minimum Gasteiger partial charge on any atom is -0.475 e. The number of hydrogen-bond acceptors (Lipinski definition) is 6. The van der Waals surface area contributed by atoms with E-state index in [0.717, 1.165) is 43.9 Å². The summed E-state index contributed by atoms with van der Waals surface area (Å²) in [6, 6.07) is 10.7. The number of benzene rings is 2. The molecule has 1 atom stereocenters. The van der Waals surface area contributed by atoms with Crippen LogP contribution in [-0.4, -0.2) is 93.7 Å². The first-order chi connectivity index (χ1) is 20.3. The average Bonchev–Trinajstić information content (AvgIpc) is 3.32. The van der Waals surface area contributed by atoms with E-state index in [1.807, 2.05) is 12.1 Å². The Balaban J connectivity index is 0.000000402. The molecule has 0 aliphatic carbocycles. The first-order valence-electron chi connectivity index (χ1n) is 12.8. The first-order valence-corrected chi connectivity index (χ1v) is 12.8. The lowest BCUT2D eigenvalue weighted by Crippen LogP contribution is -2.38. The van der Waals surface area contributed by atoms with Gasteiger partial charge in [-0.25, -0.2) is 18.7 Å². The maximum atomic E-state index is 13.8. The largest absolute Gasteiger partial charge is 0.490 e. The van der Waals surface area contributed by atoms with Gasteiger partial charge in [0.25, 0.3) is 5.91 Å². The number of primary amides is 1. The van der Waals surface area contributed by atoms with Gasteiger partial charge in [0.1, 0.15) is 11.3 Å². The molecule has 0 bridgehead atoms. The molecule has 0 saturated carbocycles. The second kappa shape index (κ2) is 15.0. The van der Waals surface area contributed by atoms with Crippen LogP contribution in [0.1, 0.15) is 28.8 Å². The van der Waals surface area contributed by atoms with Crippen LogP contribution in [0.3, 0.4) is 0 Å². The number of carboxylic acids is 2. The third-order valence-corrected chi connectivity index (χ3v) is 6.16. The fraction of sp³-hybridized carbons (Fsp3) is 0.407. The van der Waals surface area contributed by atoms with Gasteiger partial charge in [-0.15, -0.1) is 0 Å². The van der Waals surface area contributed by atoms with Gasteiger partial charge in [0.2, 0.25) is 0 Å². The van der Waals surface area contributed by atoms with E-state index in [0.29, 0.717) is 10.9 Å². The summed E-state index contributed by atoms with van der Waals surface area (Å²) in [5.41, 5.74) is 8.00. The molecule has 1 aromatic heterocycles. The van der Waals surface area contributed by atoms with Gasteiger partial charge in [0, 0.05) is 31.2 Å². The number of carboxylic acid groups (broad SMARTS) is 2. The molecule has 1 aliphatic heterocycles. The number of nitrogens with two attached hydrogens (primary N) is 1. The molecule has 0 radical (unpaired) electrons. The summed E-state index contributed by atoms with van der Waals surface area (Å²) >= 11 is 0. The molecular weight excluding hydrogens is 607 g/mol. The molecular formula is C27H30F7N5O5. The maximum absolute atomic E-state index is 13.8. The highest BCUT2D eigenvalue weighted by Gasteiger charge is 2.38. The van der Waals surface area contributed by atoms with Gasteiger partial charge in [-0.1, -0.05) is 12.1 Å². The fourth-order valence-corrected chi connectivity index (χ4v) is 4.39. The molecule has 1 aliphatic rings. The number of rotatable bonds is 6. The van der Waals surface area contributed by atoms with E-state index in [2.05, 4.69) is 41.1 Å². The lowest BCUT2D eigenvalue weighted by Gasteiger charge is -2.34. The van der Waals surface area contributed by atoms with E-state index in [1.165, 1.54) is 24.5 Å². The zero-order chi connectivity index (χ0) is 33.4. The number of alkyl halides is 6. The highest BCUT2D eigenvalue weighted by molar-refractivity contribution is 6.04. The van der Waals surface area contributed by atoms with E-state index in [-0.39, 0.29) is 5.56 Å². The molecule has 1 unspecified atom stereocenters. The van der Waals surface area contributed by atoms with Crippen molar-refractivity contribution in [3.05, 3.63) is 59.5 Å². The first kappa shape index (κ1) is 35.9. The zero-order valence-corrected chi connectivity index (χ0v) is 23.5. The SMILES string of the molecule is CN(C)CC1CCCN(Cc2ccc(-n3cc4cc(F)cc(C(N)=O)c4n3)cc2)C1.O=C(O)C(F)(F)F.O=C(O)C(F)(F)F. The van der Waals surface area contributed by atoms with E-state index in [1.54, 1.807) is 10.9 Å². The predicted molar refractivity (Wildman–Crippen MR) is 143 cm³/mol. The number of amides is 1. The van der Waals surface area contributed by atoms with Crippen molar-refractivity contribution in [1.82, 2.24) is 19.6 Å². The number of piperidine rings is 1. The highest BCUT2D eigenvalue weighted by atomic mass is 19.4. The molecule has 3 aromatic rings. The summed E-state index contributed by atoms with van der Waals surface area (Å²) < 4.78 is 78.9. The molecule has 2 aromatic carbocycles. The normalized spacial score (nSPS) is 15.6. The van der Waals surface area contributed by atoms with Crippen molar-refractivity contribution in [3.8, 4) is 5.69 Å². The Bertz CT molecular complexity index is 1420. The fourth-order valence-electron chi connectivity index (χ4n) is 4.39. The molecule has 44 heavy (non-hydrogen) atoms. The van der Waals surface area contributed by atoms with Crippen molar-refractivity contribution >= 4 is 28.7 Å². The maximum Gasteiger partial charge on any atom is 0.490 e. The topological polar surface area (TPSA) is 142 Å². The number of carbonyl (C=O) groups is 3. The van der Waals surface area contributed by atoms with Crippen molar-refractivity contribution in [1.29, 1.82) is 0 Å². The highest BCUT2D eigenvalue weighted by Crippen LogP contribution is 2.23. The zero-order valence-electron chi connectivity index (χ0n) is 23.5. The summed E-state index contributed by atoms with van der Waals surface area (Å²) in [6.45, 7) is 4.34. The van der Waals surface area contributed by atoms with Crippen LogP contribution in [0, 0.1) is 11.7 Å². The number of carbonyl (C=O) groups excluding carboxylic acids is 1. The molecule has 10 nitrogen and oxygen atoms in total. The second-order valence-corrected chi connectivity index (χ2v) is 10.1. The molecule has 17 heteroatoms. The van der Waals surface area contributed by atoms with Crippen LogP contribution < -0.4 is 5.73 Å². The van der Waals surface area contributed by atoms with Crippen LogP contribution in [0.5, 0.6) is 0 Å². The van der Waals surface area contributed by atoms with Crippen LogP contribution in [-0.2, 0) is 16.1 Å². The van der Waals surface area contributed by atoms with Crippen molar-refractivity contribution in [2.24, 2.45) is 11.7 Å². The average molecular weight is 638 g/mol. The Morgan fingerprint density at radius 2 is 1.55 bits per heavy atom. The number of likely N-dealkylation sites (tertiary alicyclic amines) is 1. The molecule has 1 saturated heterocycles. The van der Waals surface area contributed by atoms with Crippen LogP contribution in [0.2, 0.25) is 0 Å². The monoisotopic (exact) mass is 637 g/mol. The smallest absolute Gasteiger partial charge is 0.475 e. The number of nitrogens with zero attached hydrogens (tertiary/aromatic N) is 4. The number of halogens is 7. The summed E-state index contributed by atoms with van der Waals surface area (Å²) in [6.07, 6.45) is -5.90. The van der Waals surface area contributed by atoms with Gasteiger partial charge >= 0.3 is 24.3 Å². The number of aliphatic carboxylic acids is 2. The Morgan fingerprint density at radius 1 is 1.00 bits per heavy atom. The molecule has 0 spiro atoms. The van der Waals surface area contributed by atoms with Crippen molar-refractivity contribution in [2.45, 2.75) is 31.7 Å². The number of aromatic nitrogens is 2. The molecule has 1 amide bonds. The minimum atomic E-state index is -5.08. The van der Waals surface area contributed by atoms with Gasteiger partial charge in [-0.3, -0.25) is 9.69 Å². The van der Waals surface area contributed by atoms with Crippen molar-refractivity contribution in [3.63, 3.8) is 0 Å². The van der Waals surface area contributed by atoms with E-state index >= 15 is 0 Å². The molecule has 4 rings (SSSR count). The molecule has 4 N–H and O–H groups in total. The summed E-state index contributed by atoms with van der Waals surface area (Å²) in [4.78, 5) is 34.2. The number of hydrogen-bond donors (Lipinski definition) is 3. The lowest BCUT2D eigenvalue weighted by molar-refractivity contribution is -0.193. The quantitative estimate of drug-likeness (QED) is 0.340. The Hall–Kier alpha value is -4.25. The van der Waals surface area contributed by atoms with Crippen molar-refractivity contribution < 1.29 is 55.3 Å². The molecule has 242 valence electrons. The summed E-state index contributed by atoms with van der Waals surface area (Å²) in [5.74, 6) is -5.97. The van der Waals surface area contributed by atoms with Crippen molar-refractivity contribution in [2.75, 3.05) is 33.7 Å². The lowest BCUT2D eigenvalue weighted by atomic mass is 9.97. The second-order valence-electron chi connectivity index (χ2n) is 10.1. The Kier molecular flexibility index (Phi) is 12.2. The Labute approximate surface area is 246 Å². The summed E-state index contributed by atoms with van der Waals surface area (Å²) in [5, 5.41) is 19.3.